The van der Waals surface area contributed by atoms with Gasteiger partial charge in [0.15, 0.2) is 0 Å². The number of fused-ring (bicyclic) bond motifs is 1. The first kappa shape index (κ1) is 19.7. The van der Waals surface area contributed by atoms with E-state index in [-0.39, 0.29) is 0 Å². The summed E-state index contributed by atoms with van der Waals surface area (Å²) in [4.78, 5) is 16.8. The van der Waals surface area contributed by atoms with Crippen LogP contribution in [0.1, 0.15) is 60.7 Å². The zero-order valence-electron chi connectivity index (χ0n) is 17.2. The summed E-state index contributed by atoms with van der Waals surface area (Å²) >= 11 is 5.98. The van der Waals surface area contributed by atoms with Gasteiger partial charge < -0.3 is 0 Å². The standard InChI is InChI=1S/C25H27ClN4/c26-22-9-7-19(8-10-22)23-11-6-18(14-27-23)16-30-13-12-24-21(17-30)15-28-25(29-24)20-4-2-1-3-5-20/h6-11,14-15,20H,1-5,12-13,16-17H2. The predicted octanol–water partition coefficient (Wildman–Crippen LogP) is 5.80. The summed E-state index contributed by atoms with van der Waals surface area (Å²) in [5.41, 5.74) is 5.84. The highest BCUT2D eigenvalue weighted by atomic mass is 35.5. The minimum atomic E-state index is 0.576. The van der Waals surface area contributed by atoms with Gasteiger partial charge >= 0.3 is 0 Å². The van der Waals surface area contributed by atoms with E-state index in [0.29, 0.717) is 5.92 Å². The van der Waals surface area contributed by atoms with E-state index in [1.165, 1.54) is 48.9 Å². The molecule has 4 nitrogen and oxygen atoms in total. The van der Waals surface area contributed by atoms with Crippen LogP contribution in [-0.2, 0) is 19.5 Å². The third kappa shape index (κ3) is 4.40. The van der Waals surface area contributed by atoms with Crippen LogP contribution in [0, 0.1) is 0 Å². The molecular formula is C25H27ClN4. The highest BCUT2D eigenvalue weighted by Gasteiger charge is 2.22. The molecule has 5 heteroatoms. The smallest absolute Gasteiger partial charge is 0.131 e. The lowest BCUT2D eigenvalue weighted by Crippen LogP contribution is -2.31. The fourth-order valence-corrected chi connectivity index (χ4v) is 4.78. The average Bonchev–Trinajstić information content (AvgIpc) is 2.80. The van der Waals surface area contributed by atoms with Crippen molar-refractivity contribution in [1.82, 2.24) is 19.9 Å². The van der Waals surface area contributed by atoms with Crippen molar-refractivity contribution in [2.24, 2.45) is 0 Å². The van der Waals surface area contributed by atoms with E-state index in [2.05, 4.69) is 28.2 Å². The molecule has 0 amide bonds. The van der Waals surface area contributed by atoms with Crippen LogP contribution in [0.4, 0.5) is 0 Å². The van der Waals surface area contributed by atoms with E-state index >= 15 is 0 Å². The van der Waals surface area contributed by atoms with Gasteiger partial charge in [0.05, 0.1) is 5.69 Å². The maximum absolute atomic E-state index is 5.98. The summed E-state index contributed by atoms with van der Waals surface area (Å²) in [5, 5.41) is 0.746. The molecule has 1 aliphatic heterocycles. The molecule has 3 aromatic rings. The van der Waals surface area contributed by atoms with Crippen molar-refractivity contribution in [2.75, 3.05) is 6.54 Å². The molecule has 0 radical (unpaired) electrons. The molecule has 3 heterocycles. The molecule has 1 fully saturated rings. The Morgan fingerprint density at radius 2 is 1.77 bits per heavy atom. The van der Waals surface area contributed by atoms with E-state index in [1.54, 1.807) is 0 Å². The van der Waals surface area contributed by atoms with Crippen LogP contribution in [0.5, 0.6) is 0 Å². The minimum absolute atomic E-state index is 0.576. The van der Waals surface area contributed by atoms with Crippen molar-refractivity contribution in [3.63, 3.8) is 0 Å². The lowest BCUT2D eigenvalue weighted by atomic mass is 9.88. The van der Waals surface area contributed by atoms with Crippen molar-refractivity contribution in [1.29, 1.82) is 0 Å². The fourth-order valence-electron chi connectivity index (χ4n) is 4.65. The summed E-state index contributed by atoms with van der Waals surface area (Å²) in [7, 11) is 0. The molecule has 0 saturated heterocycles. The molecule has 1 aliphatic carbocycles. The van der Waals surface area contributed by atoms with Gasteiger partial charge in [0, 0.05) is 66.2 Å². The number of halogens is 1. The first-order valence-corrected chi connectivity index (χ1v) is 11.4. The van der Waals surface area contributed by atoms with E-state index in [0.717, 1.165) is 48.2 Å². The second-order valence-electron chi connectivity index (χ2n) is 8.55. The van der Waals surface area contributed by atoms with Crippen LogP contribution in [0.2, 0.25) is 5.02 Å². The Balaban J connectivity index is 1.23. The van der Waals surface area contributed by atoms with Gasteiger partial charge in [-0.25, -0.2) is 9.97 Å². The van der Waals surface area contributed by atoms with Crippen molar-refractivity contribution >= 4 is 11.6 Å². The zero-order valence-corrected chi connectivity index (χ0v) is 18.0. The number of rotatable bonds is 4. The van der Waals surface area contributed by atoms with Crippen molar-refractivity contribution in [2.45, 2.75) is 57.5 Å². The van der Waals surface area contributed by atoms with E-state index in [9.17, 15) is 0 Å². The zero-order chi connectivity index (χ0) is 20.3. The maximum atomic E-state index is 5.98. The fraction of sp³-hybridized carbons (Fsp3) is 0.400. The predicted molar refractivity (Wildman–Crippen MR) is 120 cm³/mol. The second kappa shape index (κ2) is 8.83. The third-order valence-corrected chi connectivity index (χ3v) is 6.62. The highest BCUT2D eigenvalue weighted by Crippen LogP contribution is 2.31. The van der Waals surface area contributed by atoms with Gasteiger partial charge in [-0.05, 0) is 36.6 Å². The summed E-state index contributed by atoms with van der Waals surface area (Å²) < 4.78 is 0. The topological polar surface area (TPSA) is 41.9 Å². The molecule has 0 bridgehead atoms. The normalized spacial score (nSPS) is 17.6. The number of hydrogen-bond acceptors (Lipinski definition) is 4. The van der Waals surface area contributed by atoms with Gasteiger partial charge in [0.25, 0.3) is 0 Å². The average molecular weight is 419 g/mol. The first-order valence-electron chi connectivity index (χ1n) is 11.0. The Hall–Kier alpha value is -2.30. The van der Waals surface area contributed by atoms with Crippen LogP contribution in [-0.4, -0.2) is 26.4 Å². The van der Waals surface area contributed by atoms with E-state index < -0.39 is 0 Å². The van der Waals surface area contributed by atoms with Crippen LogP contribution >= 0.6 is 11.6 Å². The molecule has 1 saturated carbocycles. The van der Waals surface area contributed by atoms with Gasteiger partial charge in [-0.3, -0.25) is 9.88 Å². The number of hydrogen-bond donors (Lipinski definition) is 0. The Morgan fingerprint density at radius 1 is 0.933 bits per heavy atom. The number of benzene rings is 1. The van der Waals surface area contributed by atoms with Crippen LogP contribution in [0.3, 0.4) is 0 Å². The maximum Gasteiger partial charge on any atom is 0.131 e. The molecule has 0 N–H and O–H groups in total. The summed E-state index contributed by atoms with van der Waals surface area (Å²) in [6.45, 7) is 2.85. The Bertz CT molecular complexity index is 995. The Kier molecular flexibility index (Phi) is 5.78. The van der Waals surface area contributed by atoms with Gasteiger partial charge in [-0.1, -0.05) is 49.1 Å². The minimum Gasteiger partial charge on any atom is -0.294 e. The number of nitrogens with zero attached hydrogens (tertiary/aromatic N) is 4. The monoisotopic (exact) mass is 418 g/mol. The quantitative estimate of drug-likeness (QED) is 0.537. The van der Waals surface area contributed by atoms with E-state index in [4.69, 9.17) is 21.6 Å². The lowest BCUT2D eigenvalue weighted by molar-refractivity contribution is 0.242. The molecule has 0 spiro atoms. The first-order chi connectivity index (χ1) is 14.7. The number of pyridine rings is 1. The molecular weight excluding hydrogens is 392 g/mol. The summed E-state index contributed by atoms with van der Waals surface area (Å²) in [6, 6.07) is 12.1. The molecule has 0 unspecified atom stereocenters. The van der Waals surface area contributed by atoms with Crippen LogP contribution in [0.15, 0.2) is 48.8 Å². The van der Waals surface area contributed by atoms with Gasteiger partial charge in [0.1, 0.15) is 5.82 Å². The van der Waals surface area contributed by atoms with Crippen molar-refractivity contribution in [3.05, 3.63) is 76.5 Å². The van der Waals surface area contributed by atoms with Gasteiger partial charge in [-0.15, -0.1) is 0 Å². The molecule has 30 heavy (non-hydrogen) atoms. The molecule has 2 aromatic heterocycles. The van der Waals surface area contributed by atoms with Gasteiger partial charge in [-0.2, -0.15) is 0 Å². The molecule has 0 atom stereocenters. The Labute approximate surface area is 183 Å². The van der Waals surface area contributed by atoms with Crippen LogP contribution in [0.25, 0.3) is 11.3 Å². The highest BCUT2D eigenvalue weighted by molar-refractivity contribution is 6.30. The van der Waals surface area contributed by atoms with Crippen molar-refractivity contribution < 1.29 is 0 Å². The lowest BCUT2D eigenvalue weighted by Gasteiger charge is -2.29. The van der Waals surface area contributed by atoms with Crippen LogP contribution < -0.4 is 0 Å². The number of aromatic nitrogens is 3. The SMILES string of the molecule is Clc1ccc(-c2ccc(CN3CCc4nc(C5CCCCC5)ncc4C3)cn2)cc1. The third-order valence-electron chi connectivity index (χ3n) is 6.37. The summed E-state index contributed by atoms with van der Waals surface area (Å²) in [5.74, 6) is 1.66. The largest absolute Gasteiger partial charge is 0.294 e. The van der Waals surface area contributed by atoms with Crippen molar-refractivity contribution in [3.8, 4) is 11.3 Å². The molecule has 5 rings (SSSR count). The molecule has 1 aromatic carbocycles. The summed E-state index contributed by atoms with van der Waals surface area (Å²) in [6.07, 6.45) is 11.6. The van der Waals surface area contributed by atoms with E-state index in [1.807, 2.05) is 30.5 Å². The van der Waals surface area contributed by atoms with Gasteiger partial charge in [0.2, 0.25) is 0 Å². The molecule has 154 valence electrons. The Morgan fingerprint density at radius 3 is 2.53 bits per heavy atom. The second-order valence-corrected chi connectivity index (χ2v) is 8.99. The molecule has 2 aliphatic rings.